The molecule has 0 aliphatic carbocycles. The Labute approximate surface area is 123 Å². The highest BCUT2D eigenvalue weighted by Gasteiger charge is 2.11. The average Bonchev–Trinajstić information content (AvgIpc) is 2.50. The number of benzene rings is 2. The Balaban J connectivity index is 1.79. The first-order valence-corrected chi connectivity index (χ1v) is 7.07. The van der Waals surface area contributed by atoms with Crippen molar-refractivity contribution in [2.45, 2.75) is 19.9 Å². The maximum atomic E-state index is 12.2. The van der Waals surface area contributed by atoms with Gasteiger partial charge in [-0.25, -0.2) is 0 Å². The molecule has 0 saturated heterocycles. The third kappa shape index (κ3) is 2.90. The third-order valence-electron chi connectivity index (χ3n) is 3.81. The highest BCUT2D eigenvalue weighted by molar-refractivity contribution is 6.04. The van der Waals surface area contributed by atoms with Crippen molar-refractivity contribution in [3.8, 4) is 5.75 Å². The third-order valence-corrected chi connectivity index (χ3v) is 3.81. The molecular formula is C17H18N2O2. The van der Waals surface area contributed by atoms with Crippen molar-refractivity contribution in [1.82, 2.24) is 5.32 Å². The minimum absolute atomic E-state index is 0.165. The van der Waals surface area contributed by atoms with E-state index in [0.717, 1.165) is 25.2 Å². The van der Waals surface area contributed by atoms with Crippen LogP contribution in [0.3, 0.4) is 0 Å². The fourth-order valence-corrected chi connectivity index (χ4v) is 2.56. The van der Waals surface area contributed by atoms with Crippen LogP contribution >= 0.6 is 0 Å². The van der Waals surface area contributed by atoms with Crippen molar-refractivity contribution in [3.05, 3.63) is 58.7 Å². The zero-order valence-corrected chi connectivity index (χ0v) is 11.9. The lowest BCUT2D eigenvalue weighted by Gasteiger charge is -2.18. The Kier molecular flexibility index (Phi) is 3.62. The van der Waals surface area contributed by atoms with Gasteiger partial charge < -0.3 is 15.7 Å². The lowest BCUT2D eigenvalue weighted by molar-refractivity contribution is 0.102. The van der Waals surface area contributed by atoms with Gasteiger partial charge in [-0.3, -0.25) is 4.79 Å². The Morgan fingerprint density at radius 2 is 2.05 bits per heavy atom. The molecule has 0 aromatic heterocycles. The molecule has 3 rings (SSSR count). The molecule has 4 nitrogen and oxygen atoms in total. The molecule has 1 aliphatic heterocycles. The quantitative estimate of drug-likeness (QED) is 0.793. The van der Waals surface area contributed by atoms with Gasteiger partial charge in [0.1, 0.15) is 5.75 Å². The number of phenolic OH excluding ortho intramolecular Hbond substituents is 1. The fourth-order valence-electron chi connectivity index (χ4n) is 2.56. The van der Waals surface area contributed by atoms with Crippen LogP contribution in [0.25, 0.3) is 0 Å². The van der Waals surface area contributed by atoms with Crippen LogP contribution in [0.15, 0.2) is 36.4 Å². The topological polar surface area (TPSA) is 61.4 Å². The number of anilines is 1. The number of hydrogen-bond donors (Lipinski definition) is 3. The largest absolute Gasteiger partial charge is 0.508 e. The maximum Gasteiger partial charge on any atom is 0.255 e. The highest BCUT2D eigenvalue weighted by Crippen LogP contribution is 2.21. The van der Waals surface area contributed by atoms with Crippen molar-refractivity contribution in [1.29, 1.82) is 0 Å². The van der Waals surface area contributed by atoms with Gasteiger partial charge in [-0.2, -0.15) is 0 Å². The fraction of sp³-hybridized carbons (Fsp3) is 0.235. The second-order valence-electron chi connectivity index (χ2n) is 5.37. The van der Waals surface area contributed by atoms with E-state index >= 15 is 0 Å². The van der Waals surface area contributed by atoms with Crippen molar-refractivity contribution < 1.29 is 9.90 Å². The van der Waals surface area contributed by atoms with E-state index in [0.29, 0.717) is 11.1 Å². The van der Waals surface area contributed by atoms with Crippen molar-refractivity contribution >= 4 is 11.6 Å². The number of fused-ring (bicyclic) bond motifs is 1. The molecule has 0 unspecified atom stereocenters. The summed E-state index contributed by atoms with van der Waals surface area (Å²) in [4.78, 5) is 12.2. The summed E-state index contributed by atoms with van der Waals surface area (Å²) in [6.45, 7) is 3.62. The molecule has 2 aromatic carbocycles. The second-order valence-corrected chi connectivity index (χ2v) is 5.37. The summed E-state index contributed by atoms with van der Waals surface area (Å²) in [6, 6.07) is 10.9. The number of hydrogen-bond acceptors (Lipinski definition) is 3. The van der Waals surface area contributed by atoms with E-state index in [1.165, 1.54) is 11.1 Å². The van der Waals surface area contributed by atoms with Crippen LogP contribution in [0.2, 0.25) is 0 Å². The number of amides is 1. The molecule has 1 heterocycles. The summed E-state index contributed by atoms with van der Waals surface area (Å²) < 4.78 is 0. The summed E-state index contributed by atoms with van der Waals surface area (Å²) in [5.74, 6) is 0.0354. The number of aryl methyl sites for hydroxylation is 1. The Morgan fingerprint density at radius 1 is 1.19 bits per heavy atom. The first kappa shape index (κ1) is 13.6. The van der Waals surface area contributed by atoms with E-state index in [2.05, 4.69) is 16.7 Å². The molecule has 0 spiro atoms. The lowest BCUT2D eigenvalue weighted by Crippen LogP contribution is -2.23. The monoisotopic (exact) mass is 282 g/mol. The molecule has 2 aromatic rings. The van der Waals surface area contributed by atoms with Gasteiger partial charge in [-0.15, -0.1) is 0 Å². The number of rotatable bonds is 2. The van der Waals surface area contributed by atoms with E-state index in [9.17, 15) is 9.90 Å². The lowest BCUT2D eigenvalue weighted by atomic mass is 10.0. The van der Waals surface area contributed by atoms with E-state index in [4.69, 9.17) is 0 Å². The highest BCUT2D eigenvalue weighted by atomic mass is 16.3. The summed E-state index contributed by atoms with van der Waals surface area (Å²) in [5, 5.41) is 15.7. The van der Waals surface area contributed by atoms with E-state index in [1.807, 2.05) is 12.1 Å². The van der Waals surface area contributed by atoms with Crippen LogP contribution in [0.4, 0.5) is 5.69 Å². The van der Waals surface area contributed by atoms with E-state index in [1.54, 1.807) is 25.1 Å². The minimum Gasteiger partial charge on any atom is -0.508 e. The van der Waals surface area contributed by atoms with Crippen LogP contribution < -0.4 is 10.6 Å². The molecule has 0 fully saturated rings. The van der Waals surface area contributed by atoms with Crippen LogP contribution in [0, 0.1) is 6.92 Å². The molecule has 3 N–H and O–H groups in total. The number of aromatic hydroxyl groups is 1. The Morgan fingerprint density at radius 3 is 2.86 bits per heavy atom. The van der Waals surface area contributed by atoms with Gasteiger partial charge in [-0.1, -0.05) is 6.07 Å². The molecule has 21 heavy (non-hydrogen) atoms. The predicted molar refractivity (Wildman–Crippen MR) is 82.6 cm³/mol. The molecule has 0 saturated carbocycles. The second kappa shape index (κ2) is 5.58. The van der Waals surface area contributed by atoms with E-state index in [-0.39, 0.29) is 11.7 Å². The van der Waals surface area contributed by atoms with E-state index < -0.39 is 0 Å². The molecule has 0 radical (unpaired) electrons. The van der Waals surface area contributed by atoms with Crippen LogP contribution in [-0.2, 0) is 13.0 Å². The molecule has 0 bridgehead atoms. The van der Waals surface area contributed by atoms with Gasteiger partial charge in [0.15, 0.2) is 0 Å². The van der Waals surface area contributed by atoms with Gasteiger partial charge in [-0.05, 0) is 66.9 Å². The molecule has 108 valence electrons. The minimum atomic E-state index is -0.165. The SMILES string of the molecule is Cc1cc(C(=O)Nc2ccc3c(c2)CNCC3)ccc1O. The number of nitrogens with one attached hydrogen (secondary N) is 2. The standard InChI is InChI=1S/C17H18N2O2/c1-11-8-13(3-5-16(11)20)17(21)19-15-4-2-12-6-7-18-10-14(12)9-15/h2-5,8-9,18,20H,6-7,10H2,1H3,(H,19,21). The van der Waals surface area contributed by atoms with Crippen LogP contribution in [0.5, 0.6) is 5.75 Å². The summed E-state index contributed by atoms with van der Waals surface area (Å²) in [5.41, 5.74) is 4.61. The van der Waals surface area contributed by atoms with Crippen molar-refractivity contribution in [2.75, 3.05) is 11.9 Å². The zero-order chi connectivity index (χ0) is 14.8. The van der Waals surface area contributed by atoms with Gasteiger partial charge in [0.05, 0.1) is 0 Å². The predicted octanol–water partition coefficient (Wildman–Crippen LogP) is 2.60. The Bertz CT molecular complexity index is 695. The maximum absolute atomic E-state index is 12.2. The summed E-state index contributed by atoms with van der Waals surface area (Å²) in [7, 11) is 0. The number of carbonyl (C=O) groups is 1. The van der Waals surface area contributed by atoms with Gasteiger partial charge in [0.25, 0.3) is 5.91 Å². The van der Waals surface area contributed by atoms with Crippen LogP contribution in [0.1, 0.15) is 27.0 Å². The summed E-state index contributed by atoms with van der Waals surface area (Å²) in [6.07, 6.45) is 1.03. The average molecular weight is 282 g/mol. The van der Waals surface area contributed by atoms with Crippen molar-refractivity contribution in [3.63, 3.8) is 0 Å². The molecule has 1 amide bonds. The molecule has 1 aliphatic rings. The van der Waals surface area contributed by atoms with Crippen LogP contribution in [-0.4, -0.2) is 17.6 Å². The first-order valence-electron chi connectivity index (χ1n) is 7.07. The molecule has 0 atom stereocenters. The molecular weight excluding hydrogens is 264 g/mol. The number of carbonyl (C=O) groups excluding carboxylic acids is 1. The summed E-state index contributed by atoms with van der Waals surface area (Å²) >= 11 is 0. The first-order chi connectivity index (χ1) is 10.1. The van der Waals surface area contributed by atoms with Gasteiger partial charge >= 0.3 is 0 Å². The van der Waals surface area contributed by atoms with Gasteiger partial charge in [0, 0.05) is 17.8 Å². The van der Waals surface area contributed by atoms with Crippen molar-refractivity contribution in [2.24, 2.45) is 0 Å². The van der Waals surface area contributed by atoms with Gasteiger partial charge in [0.2, 0.25) is 0 Å². The Hall–Kier alpha value is -2.33. The smallest absolute Gasteiger partial charge is 0.255 e. The molecule has 4 heteroatoms. The normalized spacial score (nSPS) is 13.6. The zero-order valence-electron chi connectivity index (χ0n) is 11.9. The number of phenols is 1.